The van der Waals surface area contributed by atoms with Crippen LogP contribution >= 0.6 is 0 Å². The zero-order valence-corrected chi connectivity index (χ0v) is 11.0. The van der Waals surface area contributed by atoms with Gasteiger partial charge in [-0.1, -0.05) is 13.8 Å². The van der Waals surface area contributed by atoms with E-state index in [4.69, 9.17) is 15.2 Å². The Morgan fingerprint density at radius 2 is 1.94 bits per heavy atom. The molecule has 1 saturated carbocycles. The average molecular weight is 239 g/mol. The summed E-state index contributed by atoms with van der Waals surface area (Å²) in [5, 5.41) is 0. The molecule has 98 valence electrons. The Hall–Kier alpha value is -0.120. The van der Waals surface area contributed by atoms with Crippen molar-refractivity contribution in [3.05, 3.63) is 0 Å². The fourth-order valence-corrected chi connectivity index (χ4v) is 4.66. The molecule has 2 aliphatic heterocycles. The van der Waals surface area contributed by atoms with E-state index >= 15 is 0 Å². The molecule has 3 heteroatoms. The molecule has 3 rings (SSSR count). The van der Waals surface area contributed by atoms with Crippen LogP contribution in [0.25, 0.3) is 0 Å². The molecule has 0 spiro atoms. The molecule has 0 radical (unpaired) electrons. The van der Waals surface area contributed by atoms with Gasteiger partial charge in [-0.05, 0) is 49.0 Å². The number of hydrogen-bond donors (Lipinski definition) is 1. The van der Waals surface area contributed by atoms with Gasteiger partial charge in [0.05, 0.1) is 13.2 Å². The highest BCUT2D eigenvalue weighted by Crippen LogP contribution is 2.54. The summed E-state index contributed by atoms with van der Waals surface area (Å²) in [7, 11) is 0. The molecule has 2 N–H and O–H groups in total. The molecular formula is C14H25NO2. The molecule has 3 unspecified atom stereocenters. The quantitative estimate of drug-likeness (QED) is 0.759. The van der Waals surface area contributed by atoms with Gasteiger partial charge in [0.15, 0.2) is 6.29 Å². The average Bonchev–Trinajstić information content (AvgIpc) is 2.56. The summed E-state index contributed by atoms with van der Waals surface area (Å²) in [5.74, 6) is 4.24. The third kappa shape index (κ3) is 1.83. The van der Waals surface area contributed by atoms with Crippen molar-refractivity contribution in [2.24, 2.45) is 41.2 Å². The van der Waals surface area contributed by atoms with Gasteiger partial charge in [0.1, 0.15) is 0 Å². The zero-order chi connectivity index (χ0) is 12.0. The summed E-state index contributed by atoms with van der Waals surface area (Å²) < 4.78 is 11.9. The maximum Gasteiger partial charge on any atom is 0.160 e. The Bertz CT molecular complexity index is 283. The number of ether oxygens (including phenoxy) is 2. The summed E-state index contributed by atoms with van der Waals surface area (Å²) in [6, 6.07) is 0. The first-order valence-corrected chi connectivity index (χ1v) is 7.15. The van der Waals surface area contributed by atoms with E-state index in [2.05, 4.69) is 13.8 Å². The minimum atomic E-state index is 0.0581. The van der Waals surface area contributed by atoms with Crippen LogP contribution in [0.1, 0.15) is 26.7 Å². The smallest absolute Gasteiger partial charge is 0.160 e. The van der Waals surface area contributed by atoms with Crippen LogP contribution in [0.15, 0.2) is 0 Å². The standard InChI is InChI=1S/C14H25NO2/c1-8-3-4-16-14-13-11(5-9(2)12(8)13)10(6-15)7-17-14/h8-14H,3-7,15H2,1-2H3/t8?,9-,10?,11-,12-,13?,14+/m1/s1. The largest absolute Gasteiger partial charge is 0.352 e. The highest BCUT2D eigenvalue weighted by atomic mass is 16.7. The van der Waals surface area contributed by atoms with Crippen molar-refractivity contribution >= 4 is 0 Å². The van der Waals surface area contributed by atoms with Crippen molar-refractivity contribution in [2.45, 2.75) is 33.0 Å². The first kappa shape index (κ1) is 11.9. The second kappa shape index (κ2) is 4.52. The molecule has 2 heterocycles. The molecule has 0 aromatic rings. The molecule has 2 saturated heterocycles. The molecule has 3 nitrogen and oxygen atoms in total. The zero-order valence-electron chi connectivity index (χ0n) is 11.0. The Balaban J connectivity index is 1.89. The second-order valence-electron chi connectivity index (χ2n) is 6.37. The van der Waals surface area contributed by atoms with Gasteiger partial charge in [0.2, 0.25) is 0 Å². The maximum absolute atomic E-state index is 5.94. The summed E-state index contributed by atoms with van der Waals surface area (Å²) in [6.45, 7) is 7.24. The molecule has 1 aliphatic carbocycles. The van der Waals surface area contributed by atoms with Gasteiger partial charge >= 0.3 is 0 Å². The van der Waals surface area contributed by atoms with Crippen molar-refractivity contribution in [1.29, 1.82) is 0 Å². The van der Waals surface area contributed by atoms with E-state index in [9.17, 15) is 0 Å². The first-order valence-electron chi connectivity index (χ1n) is 7.15. The highest BCUT2D eigenvalue weighted by molar-refractivity contribution is 4.98. The third-order valence-corrected chi connectivity index (χ3v) is 5.45. The molecule has 0 aromatic heterocycles. The Kier molecular flexibility index (Phi) is 3.18. The lowest BCUT2D eigenvalue weighted by atomic mass is 9.74. The van der Waals surface area contributed by atoms with Gasteiger partial charge in [-0.2, -0.15) is 0 Å². The van der Waals surface area contributed by atoms with Crippen LogP contribution in [-0.4, -0.2) is 26.0 Å². The maximum atomic E-state index is 5.94. The lowest BCUT2D eigenvalue weighted by Gasteiger charge is -2.40. The van der Waals surface area contributed by atoms with Crippen LogP contribution in [0.2, 0.25) is 0 Å². The van der Waals surface area contributed by atoms with Crippen molar-refractivity contribution in [3.8, 4) is 0 Å². The fraction of sp³-hybridized carbons (Fsp3) is 1.00. The molecule has 17 heavy (non-hydrogen) atoms. The van der Waals surface area contributed by atoms with Crippen LogP contribution < -0.4 is 5.73 Å². The first-order chi connectivity index (χ1) is 8.22. The van der Waals surface area contributed by atoms with E-state index in [0.717, 1.165) is 43.4 Å². The van der Waals surface area contributed by atoms with Crippen LogP contribution in [-0.2, 0) is 9.47 Å². The van der Waals surface area contributed by atoms with Crippen molar-refractivity contribution in [1.82, 2.24) is 0 Å². The number of hydrogen-bond acceptors (Lipinski definition) is 3. The molecule has 0 amide bonds. The van der Waals surface area contributed by atoms with E-state index in [1.54, 1.807) is 0 Å². The Morgan fingerprint density at radius 3 is 2.71 bits per heavy atom. The van der Waals surface area contributed by atoms with Crippen LogP contribution in [0.4, 0.5) is 0 Å². The van der Waals surface area contributed by atoms with Crippen LogP contribution in [0, 0.1) is 35.5 Å². The van der Waals surface area contributed by atoms with E-state index in [-0.39, 0.29) is 6.29 Å². The van der Waals surface area contributed by atoms with Crippen LogP contribution in [0.5, 0.6) is 0 Å². The SMILES string of the molecule is CC1CCO[C@H]2OCC(CN)[C@H]3C[C@@H](C)[C@@H]1C23. The molecule has 3 aliphatic rings. The second-order valence-corrected chi connectivity index (χ2v) is 6.37. The van der Waals surface area contributed by atoms with E-state index < -0.39 is 0 Å². The van der Waals surface area contributed by atoms with Gasteiger partial charge in [0, 0.05) is 5.92 Å². The Labute approximate surface area is 104 Å². The third-order valence-electron chi connectivity index (χ3n) is 5.45. The van der Waals surface area contributed by atoms with Crippen molar-refractivity contribution in [2.75, 3.05) is 19.8 Å². The van der Waals surface area contributed by atoms with Gasteiger partial charge in [-0.15, -0.1) is 0 Å². The molecule has 0 aromatic carbocycles. The summed E-state index contributed by atoms with van der Waals surface area (Å²) in [6.07, 6.45) is 2.57. The minimum Gasteiger partial charge on any atom is -0.352 e. The lowest BCUT2D eigenvalue weighted by molar-refractivity contribution is -0.218. The predicted molar refractivity (Wildman–Crippen MR) is 66.3 cm³/mol. The van der Waals surface area contributed by atoms with Gasteiger partial charge in [0.25, 0.3) is 0 Å². The summed E-state index contributed by atoms with van der Waals surface area (Å²) in [4.78, 5) is 0. The lowest BCUT2D eigenvalue weighted by Crippen LogP contribution is -2.45. The van der Waals surface area contributed by atoms with Gasteiger partial charge in [-0.3, -0.25) is 0 Å². The Morgan fingerprint density at radius 1 is 1.12 bits per heavy atom. The molecule has 0 bridgehead atoms. The van der Waals surface area contributed by atoms with Crippen molar-refractivity contribution in [3.63, 3.8) is 0 Å². The van der Waals surface area contributed by atoms with E-state index in [1.165, 1.54) is 12.8 Å². The number of rotatable bonds is 1. The highest BCUT2D eigenvalue weighted by Gasteiger charge is 2.53. The normalized spacial score (nSPS) is 54.2. The minimum absolute atomic E-state index is 0.0581. The molecule has 7 atom stereocenters. The summed E-state index contributed by atoms with van der Waals surface area (Å²) >= 11 is 0. The topological polar surface area (TPSA) is 44.5 Å². The summed E-state index contributed by atoms with van der Waals surface area (Å²) in [5.41, 5.74) is 5.91. The van der Waals surface area contributed by atoms with Gasteiger partial charge in [-0.25, -0.2) is 0 Å². The molecular weight excluding hydrogens is 214 g/mol. The number of nitrogens with two attached hydrogens (primary N) is 1. The molecule has 3 fully saturated rings. The van der Waals surface area contributed by atoms with E-state index in [0.29, 0.717) is 11.8 Å². The fourth-order valence-electron chi connectivity index (χ4n) is 4.66. The van der Waals surface area contributed by atoms with Crippen molar-refractivity contribution < 1.29 is 9.47 Å². The monoisotopic (exact) mass is 239 g/mol. The van der Waals surface area contributed by atoms with E-state index in [1.807, 2.05) is 0 Å². The predicted octanol–water partition coefficient (Wildman–Crippen LogP) is 1.86. The van der Waals surface area contributed by atoms with Gasteiger partial charge < -0.3 is 15.2 Å². The van der Waals surface area contributed by atoms with Crippen LogP contribution in [0.3, 0.4) is 0 Å².